The van der Waals surface area contributed by atoms with Gasteiger partial charge in [-0.3, -0.25) is 0 Å². The number of hydrogen-bond donors (Lipinski definition) is 1. The molecule has 0 aromatic heterocycles. The number of unbranched alkanes of at least 4 members (excludes halogenated alkanes) is 2. The van der Waals surface area contributed by atoms with E-state index < -0.39 is 0 Å². The van der Waals surface area contributed by atoms with Crippen LogP contribution in [0.3, 0.4) is 0 Å². The molecule has 0 saturated carbocycles. The molecule has 0 heterocycles. The molecule has 0 aliphatic carbocycles. The van der Waals surface area contributed by atoms with Crippen LogP contribution < -0.4 is 5.32 Å². The van der Waals surface area contributed by atoms with E-state index >= 15 is 0 Å². The lowest BCUT2D eigenvalue weighted by atomic mass is 10.3. The Kier molecular flexibility index (Phi) is 8.95. The Morgan fingerprint density at radius 3 is 2.58 bits per heavy atom. The summed E-state index contributed by atoms with van der Waals surface area (Å²) in [5, 5.41) is 3.26. The number of rotatable bonds is 8. The van der Waals surface area contributed by atoms with E-state index in [9.17, 15) is 0 Å². The monoisotopic (exact) mass is 173 g/mol. The molecule has 1 N–H and O–H groups in total. The first kappa shape index (κ1) is 11.9. The van der Waals surface area contributed by atoms with Crippen molar-refractivity contribution in [2.24, 2.45) is 0 Å². The highest BCUT2D eigenvalue weighted by Gasteiger charge is 1.99. The molecule has 1 unspecified atom stereocenters. The van der Waals surface area contributed by atoms with Gasteiger partial charge in [-0.05, 0) is 19.9 Å². The minimum atomic E-state index is 0.363. The largest absolute Gasteiger partial charge is 0.377 e. The van der Waals surface area contributed by atoms with E-state index in [1.54, 1.807) is 0 Å². The van der Waals surface area contributed by atoms with Crippen LogP contribution in [0.25, 0.3) is 0 Å². The van der Waals surface area contributed by atoms with Gasteiger partial charge in [-0.15, -0.1) is 0 Å². The van der Waals surface area contributed by atoms with Gasteiger partial charge >= 0.3 is 0 Å². The maximum Gasteiger partial charge on any atom is 0.0671 e. The molecule has 12 heavy (non-hydrogen) atoms. The lowest BCUT2D eigenvalue weighted by molar-refractivity contribution is 0.0636. The van der Waals surface area contributed by atoms with Gasteiger partial charge in [-0.2, -0.15) is 0 Å². The molecule has 74 valence electrons. The zero-order valence-corrected chi connectivity index (χ0v) is 8.73. The zero-order valence-electron chi connectivity index (χ0n) is 8.73. The van der Waals surface area contributed by atoms with Crippen molar-refractivity contribution in [1.29, 1.82) is 0 Å². The zero-order chi connectivity index (χ0) is 9.23. The normalized spacial score (nSPS) is 13.2. The first-order valence-electron chi connectivity index (χ1n) is 5.13. The van der Waals surface area contributed by atoms with Crippen molar-refractivity contribution >= 4 is 0 Å². The summed E-state index contributed by atoms with van der Waals surface area (Å²) in [7, 11) is 0. The first-order chi connectivity index (χ1) is 5.81. The van der Waals surface area contributed by atoms with Crippen LogP contribution in [0.4, 0.5) is 0 Å². The van der Waals surface area contributed by atoms with E-state index in [-0.39, 0.29) is 0 Å². The third-order valence-corrected chi connectivity index (χ3v) is 1.83. The molecule has 0 saturated heterocycles. The second-order valence-corrected chi connectivity index (χ2v) is 3.20. The van der Waals surface area contributed by atoms with E-state index in [0.717, 1.165) is 19.7 Å². The molecule has 0 fully saturated rings. The average molecular weight is 173 g/mol. The molecule has 1 atom stereocenters. The predicted molar refractivity (Wildman–Crippen MR) is 53.5 cm³/mol. The lowest BCUT2D eigenvalue weighted by Crippen LogP contribution is -2.26. The van der Waals surface area contributed by atoms with E-state index in [2.05, 4.69) is 26.1 Å². The van der Waals surface area contributed by atoms with Crippen molar-refractivity contribution in [2.45, 2.75) is 46.1 Å². The predicted octanol–water partition coefficient (Wildman–Crippen LogP) is 2.19. The van der Waals surface area contributed by atoms with E-state index in [1.165, 1.54) is 19.3 Å². The molecule has 0 rings (SSSR count). The average Bonchev–Trinajstić information content (AvgIpc) is 2.09. The highest BCUT2D eigenvalue weighted by Crippen LogP contribution is 1.96. The number of ether oxygens (including phenoxy) is 1. The van der Waals surface area contributed by atoms with Gasteiger partial charge in [0.1, 0.15) is 0 Å². The fourth-order valence-electron chi connectivity index (χ4n) is 1.04. The quantitative estimate of drug-likeness (QED) is 0.568. The summed E-state index contributed by atoms with van der Waals surface area (Å²) >= 11 is 0. The fraction of sp³-hybridized carbons (Fsp3) is 1.00. The third-order valence-electron chi connectivity index (χ3n) is 1.83. The fourth-order valence-corrected chi connectivity index (χ4v) is 1.04. The molecule has 2 nitrogen and oxygen atoms in total. The summed E-state index contributed by atoms with van der Waals surface area (Å²) in [4.78, 5) is 0. The number of nitrogens with one attached hydrogen (secondary N) is 1. The van der Waals surface area contributed by atoms with Crippen LogP contribution in [-0.4, -0.2) is 25.8 Å². The molecule has 2 heteroatoms. The Morgan fingerprint density at radius 2 is 2.00 bits per heavy atom. The molecular formula is C10H23NO. The van der Waals surface area contributed by atoms with Crippen LogP contribution in [0.1, 0.15) is 40.0 Å². The summed E-state index contributed by atoms with van der Waals surface area (Å²) in [5.74, 6) is 0. The van der Waals surface area contributed by atoms with Crippen LogP contribution in [0, 0.1) is 0 Å². The molecule has 0 aromatic rings. The van der Waals surface area contributed by atoms with Gasteiger partial charge in [0, 0.05) is 13.2 Å². The van der Waals surface area contributed by atoms with Gasteiger partial charge in [0.15, 0.2) is 0 Å². The highest BCUT2D eigenvalue weighted by molar-refractivity contribution is 4.53. The van der Waals surface area contributed by atoms with Crippen LogP contribution in [0.5, 0.6) is 0 Å². The molecule has 0 spiro atoms. The van der Waals surface area contributed by atoms with Gasteiger partial charge in [0.25, 0.3) is 0 Å². The van der Waals surface area contributed by atoms with Crippen molar-refractivity contribution in [3.8, 4) is 0 Å². The van der Waals surface area contributed by atoms with Gasteiger partial charge in [0.2, 0.25) is 0 Å². The number of likely N-dealkylation sites (N-methyl/N-ethyl adjacent to an activating group) is 1. The van der Waals surface area contributed by atoms with Crippen molar-refractivity contribution < 1.29 is 4.74 Å². The van der Waals surface area contributed by atoms with Crippen molar-refractivity contribution in [3.05, 3.63) is 0 Å². The summed E-state index contributed by atoms with van der Waals surface area (Å²) in [6.07, 6.45) is 4.12. The Balaban J connectivity index is 3.02. The van der Waals surface area contributed by atoms with E-state index in [1.807, 2.05) is 0 Å². The minimum Gasteiger partial charge on any atom is -0.377 e. The summed E-state index contributed by atoms with van der Waals surface area (Å²) in [6.45, 7) is 9.37. The summed E-state index contributed by atoms with van der Waals surface area (Å²) < 4.78 is 5.58. The Morgan fingerprint density at radius 1 is 1.25 bits per heavy atom. The standard InChI is InChI=1S/C10H23NO/c1-4-6-7-8-12-10(3)9-11-5-2/h10-11H,4-9H2,1-3H3. The molecule has 0 radical (unpaired) electrons. The minimum absolute atomic E-state index is 0.363. The maximum atomic E-state index is 5.58. The van der Waals surface area contributed by atoms with Crippen molar-refractivity contribution in [2.75, 3.05) is 19.7 Å². The van der Waals surface area contributed by atoms with Crippen LogP contribution in [0.2, 0.25) is 0 Å². The Bertz CT molecular complexity index is 85.9. The molecule has 0 aromatic carbocycles. The van der Waals surface area contributed by atoms with Crippen LogP contribution in [0.15, 0.2) is 0 Å². The molecule has 0 bridgehead atoms. The first-order valence-corrected chi connectivity index (χ1v) is 5.13. The summed E-state index contributed by atoms with van der Waals surface area (Å²) in [5.41, 5.74) is 0. The van der Waals surface area contributed by atoms with Crippen LogP contribution in [-0.2, 0) is 4.74 Å². The highest BCUT2D eigenvalue weighted by atomic mass is 16.5. The van der Waals surface area contributed by atoms with Gasteiger partial charge in [-0.1, -0.05) is 26.7 Å². The molecule has 0 aliphatic rings. The van der Waals surface area contributed by atoms with E-state index in [4.69, 9.17) is 4.74 Å². The molecule has 0 amide bonds. The van der Waals surface area contributed by atoms with Gasteiger partial charge in [-0.25, -0.2) is 0 Å². The second kappa shape index (κ2) is 9.01. The van der Waals surface area contributed by atoms with Gasteiger partial charge in [0.05, 0.1) is 6.10 Å². The smallest absolute Gasteiger partial charge is 0.0671 e. The third kappa shape index (κ3) is 8.02. The number of hydrogen-bond acceptors (Lipinski definition) is 2. The van der Waals surface area contributed by atoms with Crippen molar-refractivity contribution in [3.63, 3.8) is 0 Å². The second-order valence-electron chi connectivity index (χ2n) is 3.20. The maximum absolute atomic E-state index is 5.58. The summed E-state index contributed by atoms with van der Waals surface area (Å²) in [6, 6.07) is 0. The Labute approximate surface area is 76.7 Å². The topological polar surface area (TPSA) is 21.3 Å². The van der Waals surface area contributed by atoms with Gasteiger partial charge < -0.3 is 10.1 Å². The Hall–Kier alpha value is -0.0800. The molecule has 0 aliphatic heterocycles. The van der Waals surface area contributed by atoms with Crippen molar-refractivity contribution in [1.82, 2.24) is 5.32 Å². The SMILES string of the molecule is CCCCCOC(C)CNCC. The lowest BCUT2D eigenvalue weighted by Gasteiger charge is -2.12. The van der Waals surface area contributed by atoms with E-state index in [0.29, 0.717) is 6.10 Å². The van der Waals surface area contributed by atoms with Crippen LogP contribution >= 0.6 is 0 Å². The molecular weight excluding hydrogens is 150 g/mol.